The van der Waals surface area contributed by atoms with Gasteiger partial charge in [-0.25, -0.2) is 0 Å². The van der Waals surface area contributed by atoms with Crippen LogP contribution in [0.2, 0.25) is 0 Å². The number of imide groups is 1. The summed E-state index contributed by atoms with van der Waals surface area (Å²) in [4.78, 5) is 22.9. The summed E-state index contributed by atoms with van der Waals surface area (Å²) in [5.74, 6) is -0.781. The van der Waals surface area contributed by atoms with E-state index in [-0.39, 0.29) is 54.6 Å². The number of hydrogen-bond donors (Lipinski definition) is 2. The first kappa shape index (κ1) is 15.5. The quantitative estimate of drug-likeness (QED) is 0.348. The molecule has 1 heterocycles. The first-order valence-corrected chi connectivity index (χ1v) is 3.39. The van der Waals surface area contributed by atoms with E-state index in [9.17, 15) is 9.59 Å². The molecule has 1 aliphatic rings. The molecule has 0 atom stereocenters. The molecule has 2 radical (unpaired) electrons. The number of carbonyl (C=O) groups excluding carboxylic acids is 2. The molecule has 0 aromatic carbocycles. The van der Waals surface area contributed by atoms with E-state index >= 15 is 0 Å². The van der Waals surface area contributed by atoms with Gasteiger partial charge >= 0.3 is 0 Å². The van der Waals surface area contributed by atoms with Crippen LogP contribution >= 0.6 is 25.3 Å². The monoisotopic (exact) mass is 389 g/mol. The van der Waals surface area contributed by atoms with Crippen molar-refractivity contribution in [1.82, 2.24) is 4.90 Å². The third-order valence-corrected chi connectivity index (χ3v) is 2.24. The summed E-state index contributed by atoms with van der Waals surface area (Å²) in [6.07, 6.45) is 0. The summed E-state index contributed by atoms with van der Waals surface area (Å²) in [6, 6.07) is 0. The molecule has 3 nitrogen and oxygen atoms in total. The molecule has 1 rings (SSSR count). The second-order valence-corrected chi connectivity index (χ2v) is 2.76. The Morgan fingerprint density at radius 1 is 1.00 bits per heavy atom. The molecule has 12 heavy (non-hydrogen) atoms. The maximum atomic E-state index is 10.8. The minimum atomic E-state index is -0.390. The van der Waals surface area contributed by atoms with Crippen molar-refractivity contribution in [3.05, 3.63) is 9.81 Å². The van der Waals surface area contributed by atoms with E-state index in [2.05, 4.69) is 25.3 Å². The summed E-state index contributed by atoms with van der Waals surface area (Å²) < 4.78 is 0. The Bertz CT molecular complexity index is 230. The van der Waals surface area contributed by atoms with Gasteiger partial charge in [-0.1, -0.05) is 0 Å². The average Bonchev–Trinajstić information content (AvgIpc) is 2.07. The maximum Gasteiger partial charge on any atom is 0.267 e. The maximum absolute atomic E-state index is 10.8. The molecule has 0 N–H and O–H groups in total. The van der Waals surface area contributed by atoms with Gasteiger partial charge in [0.1, 0.15) is 0 Å². The van der Waals surface area contributed by atoms with Crippen molar-refractivity contribution < 1.29 is 54.3 Å². The van der Waals surface area contributed by atoms with Crippen molar-refractivity contribution in [3.63, 3.8) is 0 Å². The van der Waals surface area contributed by atoms with Gasteiger partial charge in [-0.05, 0) is 0 Å². The first-order valence-electron chi connectivity index (χ1n) is 2.50. The molecule has 0 aromatic heterocycles. The Balaban J connectivity index is 0. The van der Waals surface area contributed by atoms with E-state index < -0.39 is 11.8 Å². The second kappa shape index (κ2) is 5.72. The molecule has 0 spiro atoms. The molecule has 0 bridgehead atoms. The molecular weight excluding hydrogens is 386 g/mol. The van der Waals surface area contributed by atoms with E-state index in [0.717, 1.165) is 4.90 Å². The number of likely N-dealkylation sites (N-methyl/N-ethyl adjacent to an activating group) is 1. The molecule has 0 unspecified atom stereocenters. The SMILES string of the molecule is CN1C(=O)C(S)=C(S)C1=O.[Ag].[Ag]. The molecule has 0 aromatic rings. The molecule has 0 fully saturated rings. The van der Waals surface area contributed by atoms with Crippen molar-refractivity contribution in [2.45, 2.75) is 0 Å². The normalized spacial score (nSPS) is 16.1. The van der Waals surface area contributed by atoms with Gasteiger partial charge in [0.15, 0.2) is 0 Å². The van der Waals surface area contributed by atoms with Crippen molar-refractivity contribution in [2.75, 3.05) is 7.05 Å². The minimum Gasteiger partial charge on any atom is -0.277 e. The Kier molecular flexibility index (Phi) is 7.40. The Morgan fingerprint density at radius 3 is 1.33 bits per heavy atom. The van der Waals surface area contributed by atoms with Crippen LogP contribution in [0.5, 0.6) is 0 Å². The molecule has 0 saturated heterocycles. The zero-order chi connectivity index (χ0) is 7.89. The van der Waals surface area contributed by atoms with Crippen LogP contribution in [0.25, 0.3) is 0 Å². The summed E-state index contributed by atoms with van der Waals surface area (Å²) in [7, 11) is 1.39. The third kappa shape index (κ3) is 2.52. The van der Waals surface area contributed by atoms with Crippen LogP contribution < -0.4 is 0 Å². The number of amides is 2. The molecule has 76 valence electrons. The van der Waals surface area contributed by atoms with Crippen LogP contribution in [0.15, 0.2) is 9.81 Å². The van der Waals surface area contributed by atoms with E-state index in [1.807, 2.05) is 0 Å². The summed E-state index contributed by atoms with van der Waals surface area (Å²) in [5.41, 5.74) is 0. The molecular formula is C5H5Ag2NO2S2. The largest absolute Gasteiger partial charge is 0.277 e. The molecule has 0 saturated carbocycles. The zero-order valence-electron chi connectivity index (χ0n) is 5.76. The summed E-state index contributed by atoms with van der Waals surface area (Å²) in [5, 5.41) is 0. The number of carbonyl (C=O) groups is 2. The van der Waals surface area contributed by atoms with Crippen LogP contribution in [0, 0.1) is 0 Å². The van der Waals surface area contributed by atoms with Crippen LogP contribution in [-0.4, -0.2) is 23.8 Å². The first-order chi connectivity index (χ1) is 4.55. The van der Waals surface area contributed by atoms with Gasteiger partial charge < -0.3 is 0 Å². The van der Waals surface area contributed by atoms with Gasteiger partial charge in [-0.2, -0.15) is 0 Å². The van der Waals surface area contributed by atoms with Crippen molar-refractivity contribution in [2.24, 2.45) is 0 Å². The van der Waals surface area contributed by atoms with E-state index in [1.165, 1.54) is 7.05 Å². The standard InChI is InChI=1S/C5H5NO2S2.2Ag/c1-6-4(7)2(9)3(10)5(6)8;;/h9-10H,1H3;;. The van der Waals surface area contributed by atoms with Crippen molar-refractivity contribution >= 4 is 37.1 Å². The number of thiol groups is 2. The Labute approximate surface area is 112 Å². The molecule has 1 aliphatic heterocycles. The predicted octanol–water partition coefficient (Wildman–Crippen LogP) is 0.0512. The van der Waals surface area contributed by atoms with Gasteiger partial charge in [0, 0.05) is 51.8 Å². The smallest absolute Gasteiger partial charge is 0.267 e. The molecule has 0 aliphatic carbocycles. The van der Waals surface area contributed by atoms with Crippen LogP contribution in [0.4, 0.5) is 0 Å². The predicted molar refractivity (Wildman–Crippen MR) is 42.8 cm³/mol. The fraction of sp³-hybridized carbons (Fsp3) is 0.200. The van der Waals surface area contributed by atoms with E-state index in [0.29, 0.717) is 0 Å². The zero-order valence-corrected chi connectivity index (χ0v) is 10.5. The fourth-order valence-corrected chi connectivity index (χ4v) is 1.10. The topological polar surface area (TPSA) is 37.4 Å². The van der Waals surface area contributed by atoms with Crippen LogP contribution in [0.1, 0.15) is 0 Å². The number of nitrogens with zero attached hydrogens (tertiary/aromatic N) is 1. The Morgan fingerprint density at radius 2 is 1.25 bits per heavy atom. The van der Waals surface area contributed by atoms with Gasteiger partial charge in [0.2, 0.25) is 0 Å². The van der Waals surface area contributed by atoms with Crippen molar-refractivity contribution in [3.8, 4) is 0 Å². The summed E-state index contributed by atoms with van der Waals surface area (Å²) >= 11 is 7.58. The van der Waals surface area contributed by atoms with Gasteiger partial charge in [0.05, 0.1) is 9.81 Å². The summed E-state index contributed by atoms with van der Waals surface area (Å²) in [6.45, 7) is 0. The third-order valence-electron chi connectivity index (χ3n) is 1.24. The molecule has 7 heteroatoms. The number of hydrogen-bond acceptors (Lipinski definition) is 4. The average molecular weight is 391 g/mol. The van der Waals surface area contributed by atoms with E-state index in [4.69, 9.17) is 0 Å². The second-order valence-electron chi connectivity index (χ2n) is 1.87. The van der Waals surface area contributed by atoms with E-state index in [1.54, 1.807) is 0 Å². The van der Waals surface area contributed by atoms with Gasteiger partial charge in [-0.3, -0.25) is 14.5 Å². The van der Waals surface area contributed by atoms with Crippen LogP contribution in [-0.2, 0) is 54.3 Å². The van der Waals surface area contributed by atoms with Crippen molar-refractivity contribution in [1.29, 1.82) is 0 Å². The van der Waals surface area contributed by atoms with Gasteiger partial charge in [0.25, 0.3) is 11.8 Å². The van der Waals surface area contributed by atoms with Crippen LogP contribution in [0.3, 0.4) is 0 Å². The van der Waals surface area contributed by atoms with Gasteiger partial charge in [-0.15, -0.1) is 25.3 Å². The minimum absolute atomic E-state index is 0. The number of rotatable bonds is 0. The fourth-order valence-electron chi connectivity index (χ4n) is 0.613. The molecule has 2 amide bonds. The Hall–Kier alpha value is 1.06.